The number of fused-ring (bicyclic) bond motifs is 10. The number of ether oxygens (including phenoxy) is 8. The zero-order valence-corrected chi connectivity index (χ0v) is 76.3. The lowest BCUT2D eigenvalue weighted by Crippen LogP contribution is -2.52. The molecular formula is C104H101N12O20P. The maximum atomic E-state index is 14.6. The van der Waals surface area contributed by atoms with E-state index in [1.165, 1.54) is 44.8 Å². The number of aliphatic hydroxyl groups excluding tert-OH is 1. The zero-order valence-electron chi connectivity index (χ0n) is 75.4. The van der Waals surface area contributed by atoms with Gasteiger partial charge in [-0.1, -0.05) is 219 Å². The molecule has 32 nitrogen and oxygen atoms in total. The lowest BCUT2D eigenvalue weighted by atomic mass is 9.80. The third-order valence-electron chi connectivity index (χ3n) is 25.3. The highest BCUT2D eigenvalue weighted by Crippen LogP contribution is 2.51. The van der Waals surface area contributed by atoms with Crippen molar-refractivity contribution in [1.29, 1.82) is 0 Å². The summed E-state index contributed by atoms with van der Waals surface area (Å²) in [7, 11) is 2.43. The van der Waals surface area contributed by atoms with Crippen LogP contribution in [0.1, 0.15) is 135 Å². The Kier molecular flexibility index (Phi) is 28.5. The molecule has 702 valence electrons. The number of nitrogens with one attached hydrogen (secondary N) is 6. The van der Waals surface area contributed by atoms with Crippen molar-refractivity contribution in [2.24, 2.45) is 0 Å². The van der Waals surface area contributed by atoms with Crippen LogP contribution >= 0.6 is 8.60 Å². The highest BCUT2D eigenvalue weighted by atomic mass is 31.2. The van der Waals surface area contributed by atoms with Crippen molar-refractivity contribution in [2.45, 2.75) is 112 Å². The van der Waals surface area contributed by atoms with Gasteiger partial charge in [-0.2, -0.15) is 9.97 Å². The number of amides is 6. The summed E-state index contributed by atoms with van der Waals surface area (Å²) in [6.07, 6.45) is -4.75. The quantitative estimate of drug-likeness (QED) is 0.0108. The number of rotatable bonds is 37. The van der Waals surface area contributed by atoms with Crippen LogP contribution in [0.3, 0.4) is 0 Å². The number of aliphatic hydroxyl groups is 1. The molecule has 7 N–H and O–H groups in total. The molecule has 18 rings (SSSR count). The lowest BCUT2D eigenvalue weighted by Gasteiger charge is -2.37. The van der Waals surface area contributed by atoms with Crippen molar-refractivity contribution in [3.8, 4) is 44.9 Å². The van der Waals surface area contributed by atoms with E-state index >= 15 is 0 Å². The Morgan fingerprint density at radius 1 is 0.562 bits per heavy atom. The number of imidazole rings is 1. The summed E-state index contributed by atoms with van der Waals surface area (Å²) in [4.78, 5) is 128. The first-order valence-corrected chi connectivity index (χ1v) is 46.5. The van der Waals surface area contributed by atoms with Crippen LogP contribution in [0.4, 0.5) is 26.1 Å². The van der Waals surface area contributed by atoms with E-state index in [0.717, 1.165) is 83.5 Å². The number of aromatic amines is 1. The number of benzene rings is 10. The first kappa shape index (κ1) is 92.8. The molecule has 4 unspecified atom stereocenters. The second-order valence-corrected chi connectivity index (χ2v) is 35.0. The molecule has 6 amide bonds. The van der Waals surface area contributed by atoms with Gasteiger partial charge < -0.3 is 82.7 Å². The molecule has 33 heteroatoms. The molecule has 0 saturated carbocycles. The Morgan fingerprint density at radius 2 is 1.08 bits per heavy atom. The Balaban J connectivity index is 0.530. The van der Waals surface area contributed by atoms with Gasteiger partial charge in [0.15, 0.2) is 11.2 Å². The van der Waals surface area contributed by atoms with Gasteiger partial charge in [-0.05, 0) is 144 Å². The predicted octanol–water partition coefficient (Wildman–Crippen LogP) is 15.3. The van der Waals surface area contributed by atoms with Gasteiger partial charge in [-0.3, -0.25) is 38.6 Å². The Hall–Kier alpha value is -14.6. The van der Waals surface area contributed by atoms with Gasteiger partial charge in [0.1, 0.15) is 73.4 Å². The van der Waals surface area contributed by atoms with Crippen LogP contribution in [0, 0.1) is 0 Å². The minimum absolute atomic E-state index is 0.000915. The Morgan fingerprint density at radius 3 is 1.63 bits per heavy atom. The molecule has 2 aliphatic heterocycles. The molecule has 3 aliphatic carbocycles. The standard InChI is InChI=1S/C104H101N12O20P/c1-5-52-132-137(133-61-88-86(117)53-92(134-88)116-62-107-94-95(116)112-99(113-98(94)121)111-91(118)36-21-50-114(2)103(125)130-59-84-80-34-19-13-28-74(80)75-29-14-20-35-81(75)84)136-87-54-93(135-89(87)60-131-104(65-22-7-6-8-23-65,66-41-45-68(126-3)46-42-66)67-43-47-69(127-4)48-44-67)115-51-49-90(110-100(115)122)109-96(119)64-39-37-63(38-40-64)55-105-97(120)85(108-102(124)129-58-83-78-32-17-11-26-72(78)73-27-12-18-33-79(73)83)56-106-101(123)128-57-82-76-30-15-9-24-70(76)71-25-10-16-31-77(71)82/h6-20,22-35,37-49,51,62,82-89,92-93,117H,5,21,36,50,52-61H2,1-4H3,(H,105,120)(H,106,123)(H,108,124)(H,109,110,119,122)(H2,111,112,113,118,121)/t85?,86?,87?,88-,89-,92-,93-,137?/m1/s1. The third kappa shape index (κ3) is 20.4. The van der Waals surface area contributed by atoms with Gasteiger partial charge in [0.25, 0.3) is 11.5 Å². The highest BCUT2D eigenvalue weighted by molar-refractivity contribution is 7.41. The Labute approximate surface area is 789 Å². The van der Waals surface area contributed by atoms with E-state index in [2.05, 4.69) is 58.7 Å². The lowest BCUT2D eigenvalue weighted by molar-refractivity contribution is -0.123. The zero-order chi connectivity index (χ0) is 94.6. The van der Waals surface area contributed by atoms with Gasteiger partial charge in [0.05, 0.1) is 59.1 Å². The summed E-state index contributed by atoms with van der Waals surface area (Å²) in [6.45, 7) is 1.51. The largest absolute Gasteiger partial charge is 0.497 e. The van der Waals surface area contributed by atoms with Gasteiger partial charge >= 0.3 is 32.6 Å². The van der Waals surface area contributed by atoms with Crippen LogP contribution in [-0.4, -0.2) is 180 Å². The van der Waals surface area contributed by atoms with E-state index in [1.807, 2.05) is 219 Å². The van der Waals surface area contributed by atoms with E-state index in [4.69, 9.17) is 51.5 Å². The molecule has 13 aromatic rings. The number of aromatic nitrogens is 6. The van der Waals surface area contributed by atoms with Crippen LogP contribution in [0.15, 0.2) is 277 Å². The fourth-order valence-electron chi connectivity index (χ4n) is 18.4. The van der Waals surface area contributed by atoms with Gasteiger partial charge in [0.2, 0.25) is 17.8 Å². The minimum Gasteiger partial charge on any atom is -0.497 e. The van der Waals surface area contributed by atoms with Crippen LogP contribution in [-0.2, 0) is 63.7 Å². The Bertz CT molecular complexity index is 6500. The van der Waals surface area contributed by atoms with Crippen molar-refractivity contribution in [3.05, 3.63) is 349 Å². The number of anilines is 2. The SMILES string of the molecule is CCCOP(OC[C@H]1O[C@@H](n2cnc3c(=O)[nH]c(NC(=O)CCCN(C)C(=O)OCC4c5ccccc5-c5ccccc54)nc32)CC1O)OC1C[C@H](n2ccc(NC(=O)c3ccc(CNC(=O)C(CNC(=O)OCC4c5ccccc5-c5ccccc54)NC(=O)OCC4c5ccccc5-c5ccccc54)cc3)nc2=O)O[C@@H]1COC(c1ccccc1)(c1ccc(OC)cc1)c1ccc(OC)cc1. The molecule has 8 atom stereocenters. The van der Waals surface area contributed by atoms with Gasteiger partial charge in [-0.15, -0.1) is 0 Å². The molecular weight excluding hydrogens is 1770 g/mol. The third-order valence-corrected chi connectivity index (χ3v) is 26.5. The number of carbonyl (C=O) groups is 6. The number of hydrogen-bond donors (Lipinski definition) is 7. The number of carbonyl (C=O) groups excluding carboxylic acids is 6. The second-order valence-electron chi connectivity index (χ2n) is 33.8. The molecule has 0 spiro atoms. The smallest absolute Gasteiger partial charge is 0.409 e. The van der Waals surface area contributed by atoms with Gasteiger partial charge in [0, 0.05) is 68.9 Å². The number of methoxy groups -OCH3 is 2. The number of H-pyrrole nitrogens is 1. The predicted molar refractivity (Wildman–Crippen MR) is 509 cm³/mol. The molecule has 137 heavy (non-hydrogen) atoms. The fourth-order valence-corrected chi connectivity index (χ4v) is 19.7. The second kappa shape index (κ2) is 42.1. The summed E-state index contributed by atoms with van der Waals surface area (Å²) in [5, 5.41) is 25.4. The summed E-state index contributed by atoms with van der Waals surface area (Å²) in [5.74, 6) is -1.41. The van der Waals surface area contributed by atoms with Crippen LogP contribution in [0.2, 0.25) is 0 Å². The summed E-state index contributed by atoms with van der Waals surface area (Å²) >= 11 is 0. The highest BCUT2D eigenvalue weighted by Gasteiger charge is 2.46. The van der Waals surface area contributed by atoms with Crippen molar-refractivity contribution in [1.82, 2.24) is 49.9 Å². The molecule has 3 aromatic heterocycles. The first-order chi connectivity index (χ1) is 66.9. The molecule has 10 aromatic carbocycles. The van der Waals surface area contributed by atoms with Crippen molar-refractivity contribution >= 4 is 67.5 Å². The van der Waals surface area contributed by atoms with Crippen LogP contribution in [0.25, 0.3) is 44.5 Å². The molecule has 2 saturated heterocycles. The molecule has 2 fully saturated rings. The van der Waals surface area contributed by atoms with Crippen molar-refractivity contribution < 1.29 is 85.3 Å². The first-order valence-electron chi connectivity index (χ1n) is 45.4. The topological polar surface area (TPSA) is 386 Å². The minimum atomic E-state index is -2.33. The van der Waals surface area contributed by atoms with Gasteiger partial charge in [-0.25, -0.2) is 24.2 Å². The normalized spacial score (nSPS) is 17.2. The van der Waals surface area contributed by atoms with E-state index in [-0.39, 0.29) is 131 Å². The van der Waals surface area contributed by atoms with Crippen molar-refractivity contribution in [3.63, 3.8) is 0 Å². The van der Waals surface area contributed by atoms with Crippen molar-refractivity contribution in [2.75, 3.05) is 84.6 Å². The molecule has 0 bridgehead atoms. The van der Waals surface area contributed by atoms with Crippen LogP contribution < -0.4 is 47.3 Å². The molecule has 5 heterocycles. The maximum absolute atomic E-state index is 14.6. The van der Waals surface area contributed by atoms with E-state index in [0.29, 0.717) is 23.5 Å². The molecule has 5 aliphatic rings. The number of hydrogen-bond acceptors (Lipinski definition) is 23. The average Bonchev–Trinajstić information content (AvgIpc) is 1.74. The van der Waals surface area contributed by atoms with E-state index in [1.54, 1.807) is 33.4 Å². The maximum Gasteiger partial charge on any atom is 0.409 e. The molecule has 0 radical (unpaired) electrons. The monoisotopic (exact) mass is 1870 g/mol. The van der Waals surface area contributed by atoms with E-state index in [9.17, 15) is 43.5 Å². The summed E-state index contributed by atoms with van der Waals surface area (Å²) < 4.78 is 72.1. The summed E-state index contributed by atoms with van der Waals surface area (Å²) in [5.41, 5.74) is 12.8. The average molecular weight is 1870 g/mol. The number of alkyl carbamates (subject to hydrolysis) is 2. The van der Waals surface area contributed by atoms with Crippen LogP contribution in [0.5, 0.6) is 11.5 Å². The summed E-state index contributed by atoms with van der Waals surface area (Å²) in [6, 6.07) is 79.0. The fraction of sp³-hybridized carbons (Fsp3) is 0.279. The van der Waals surface area contributed by atoms with E-state index < -0.39 is 104 Å². The number of nitrogens with zero attached hydrogens (tertiary/aromatic N) is 6.